The van der Waals surface area contributed by atoms with Gasteiger partial charge >= 0.3 is 174 Å². The molecule has 6 aromatic rings. The van der Waals surface area contributed by atoms with Gasteiger partial charge in [-0.05, 0) is 289 Å². The molecule has 0 radical (unpaired) electrons. The van der Waals surface area contributed by atoms with Crippen molar-refractivity contribution < 1.29 is 314 Å². The van der Waals surface area contributed by atoms with Gasteiger partial charge in [0.2, 0.25) is 0 Å². The number of aliphatic hydroxyl groups excluding tert-OH is 1. The molecular weight excluding hydrogens is 2150 g/mol. The minimum atomic E-state index is -4.16. The number of hydrogen-bond acceptors (Lipinski definition) is 34. The summed E-state index contributed by atoms with van der Waals surface area (Å²) in [5, 5.41) is 89.8. The van der Waals surface area contributed by atoms with Crippen LogP contribution in [0.2, 0.25) is 0 Å². The van der Waals surface area contributed by atoms with Crippen LogP contribution in [-0.4, -0.2) is 148 Å². The number of halogens is 12. The number of carboxylic acid groups (broad SMARTS) is 1. The Kier molecular flexibility index (Phi) is 56.3. The minimum absolute atomic E-state index is 0. The third-order valence-corrected chi connectivity index (χ3v) is 33.5. The Labute approximate surface area is 952 Å². The Morgan fingerprint density at radius 3 is 0.703 bits per heavy atom. The summed E-state index contributed by atoms with van der Waals surface area (Å²) in [5.74, 6) is -5.91. The monoisotopic (exact) mass is 2250 g/mol. The molecule has 0 aliphatic heterocycles. The first-order valence-corrected chi connectivity index (χ1v) is 49.7. The smallest absolute Gasteiger partial charge is 0.870 e. The van der Waals surface area contributed by atoms with Crippen LogP contribution >= 0.6 is 72.6 Å². The maximum Gasteiger partial charge on any atom is 1.00 e. The summed E-state index contributed by atoms with van der Waals surface area (Å²) in [6.45, 7) is -0.136. The van der Waals surface area contributed by atoms with Gasteiger partial charge in [0.25, 0.3) is 0 Å². The maximum atomic E-state index is 13.3. The summed E-state index contributed by atoms with van der Waals surface area (Å²) in [7, 11) is 0.728. The van der Waals surface area contributed by atoms with Crippen molar-refractivity contribution in [2.75, 3.05) is 33.5 Å². The molecule has 786 valence electrons. The van der Waals surface area contributed by atoms with E-state index in [4.69, 9.17) is 24.6 Å². The molecule has 0 amide bonds. The van der Waals surface area contributed by atoms with Crippen molar-refractivity contribution in [2.45, 2.75) is 240 Å². The molecule has 16 fully saturated rings. The summed E-state index contributed by atoms with van der Waals surface area (Å²) in [4.78, 5) is 62.1. The van der Waals surface area contributed by atoms with Crippen LogP contribution in [0, 0.1) is 69.0 Å². The number of alkyl halides is 10. The van der Waals surface area contributed by atoms with Crippen LogP contribution < -0.4 is 139 Å². The van der Waals surface area contributed by atoms with Crippen LogP contribution in [0.1, 0.15) is 162 Å². The zero-order valence-corrected chi connectivity index (χ0v) is 93.2. The first-order valence-electron chi connectivity index (χ1n) is 43.6. The summed E-state index contributed by atoms with van der Waals surface area (Å²) in [5.41, 5.74) is -3.75. The topological polar surface area (TPSA) is 458 Å². The Balaban J connectivity index is 0.000000347. The molecular formula is C92H109ClF11Na4O30S7+. The van der Waals surface area contributed by atoms with Gasteiger partial charge in [-0.1, -0.05) is 117 Å². The van der Waals surface area contributed by atoms with Crippen LogP contribution in [0.5, 0.6) is 0 Å². The van der Waals surface area contributed by atoms with Crippen LogP contribution in [0.15, 0.2) is 211 Å². The zero-order valence-electron chi connectivity index (χ0n) is 78.7. The molecule has 16 saturated carbocycles. The van der Waals surface area contributed by atoms with Crippen molar-refractivity contribution in [1.29, 1.82) is 0 Å². The molecule has 8 atom stereocenters. The molecule has 16 aliphatic rings. The molecule has 7 N–H and O–H groups in total. The fourth-order valence-electron chi connectivity index (χ4n) is 23.9. The predicted octanol–water partition coefficient (Wildman–Crippen LogP) is 4.52. The van der Waals surface area contributed by atoms with E-state index in [1.807, 2.05) is 0 Å². The zero-order chi connectivity index (χ0) is 100. The Morgan fingerprint density at radius 2 is 0.524 bits per heavy atom. The Hall–Kier alpha value is -2.16. The number of methoxy groups -OCH3 is 1. The van der Waals surface area contributed by atoms with E-state index in [1.165, 1.54) is 48.6 Å². The number of esters is 4. The van der Waals surface area contributed by atoms with Crippen molar-refractivity contribution in [2.24, 2.45) is 69.0 Å². The van der Waals surface area contributed by atoms with Gasteiger partial charge in [-0.3, -0.25) is 20.2 Å². The number of rotatable bonds is 33. The quantitative estimate of drug-likeness (QED) is 0.00482. The van der Waals surface area contributed by atoms with Gasteiger partial charge in [0.1, 0.15) is 60.2 Å². The third-order valence-electron chi connectivity index (χ3n) is 26.6. The van der Waals surface area contributed by atoms with Gasteiger partial charge in [0.15, 0.2) is 29.4 Å². The first kappa shape index (κ1) is 135. The second-order valence-electron chi connectivity index (χ2n) is 37.6. The summed E-state index contributed by atoms with van der Waals surface area (Å²) in [6.07, 6.45) is 20.4. The van der Waals surface area contributed by atoms with Crippen molar-refractivity contribution in [3.63, 3.8) is 0 Å². The average molecular weight is 2260 g/mol. The Morgan fingerprint density at radius 1 is 0.338 bits per heavy atom. The van der Waals surface area contributed by atoms with E-state index in [-0.39, 0.29) is 191 Å². The van der Waals surface area contributed by atoms with Crippen molar-refractivity contribution in [3.05, 3.63) is 182 Å². The van der Waals surface area contributed by atoms with Crippen LogP contribution in [0.4, 0.5) is 48.4 Å². The predicted molar refractivity (Wildman–Crippen MR) is 481 cm³/mol. The third kappa shape index (κ3) is 38.7. The number of carboxylic acids is 1. The SMILES string of the molecule is C.COC(=O)C(F)(F)SOOF.Cl.O=C(O)C(F)(F)SOO[O-].O=C(OCC12CC3CC(CC(O)(C3)C1)C2)C(F)(F)SOO[O-].O=C(OCC12CC3CC(CC(O)(C3)C1)C2)C(F)(F)SOO[O-].O=C(OCC12CC3CC(CC(O)(C3)C1)C2)C(F)(F)SOO[O-].OCC12CC3CC(CC(O)(C3)C1)C2.[Na+].[Na+].[Na+].[Na+].[OH-].c1ccc([S+](c2ccccc2)c2ccccc2)cc1.c1ccc([S+](c2ccccc2)c2ccccc2)cc1. The van der Waals surface area contributed by atoms with E-state index in [0.29, 0.717) is 73.2 Å². The van der Waals surface area contributed by atoms with Gasteiger partial charge in [-0.2, -0.15) is 61.2 Å². The van der Waals surface area contributed by atoms with E-state index in [1.54, 1.807) is 0 Å². The molecule has 30 nitrogen and oxygen atoms in total. The van der Waals surface area contributed by atoms with Crippen molar-refractivity contribution >= 4 is 124 Å². The summed E-state index contributed by atoms with van der Waals surface area (Å²) >= 11 is -3.74. The van der Waals surface area contributed by atoms with Crippen LogP contribution in [-0.2, 0) is 112 Å². The average Bonchev–Trinajstić information content (AvgIpc) is 0.743. The van der Waals surface area contributed by atoms with Gasteiger partial charge in [0, 0.05) is 22.9 Å². The second kappa shape index (κ2) is 60.4. The normalized spacial score (nSPS) is 27.9. The second-order valence-corrected chi connectivity index (χ2v) is 45.7. The molecule has 53 heteroatoms. The van der Waals surface area contributed by atoms with Gasteiger partial charge < -0.3 is 76.1 Å². The molecule has 16 bridgehead atoms. The Bertz CT molecular complexity index is 4330. The molecule has 145 heavy (non-hydrogen) atoms. The number of aliphatic hydroxyl groups is 5. The molecule has 0 spiro atoms. The van der Waals surface area contributed by atoms with E-state index in [0.717, 1.165) is 123 Å². The largest absolute Gasteiger partial charge is 1.00 e. The van der Waals surface area contributed by atoms with Gasteiger partial charge in [0.05, 0.1) is 71.1 Å². The van der Waals surface area contributed by atoms with E-state index >= 15 is 0 Å². The van der Waals surface area contributed by atoms with Gasteiger partial charge in [-0.15, -0.1) is 16.7 Å². The summed E-state index contributed by atoms with van der Waals surface area (Å²) in [6, 6.07) is 64.3. The maximum absolute atomic E-state index is 13.3. The number of aliphatic carboxylic acids is 1. The number of carbonyl (C=O) groups excluding carboxylic acids is 4. The fraction of sp³-hybridized carbons (Fsp3) is 0.554. The number of ether oxygens (including phenoxy) is 4. The van der Waals surface area contributed by atoms with E-state index < -0.39 is 155 Å². The number of hydrogen-bond donors (Lipinski definition) is 6. The van der Waals surface area contributed by atoms with Gasteiger partial charge in [-0.25, -0.2) is 24.0 Å². The first-order chi connectivity index (χ1) is 65.4. The summed E-state index contributed by atoms with van der Waals surface area (Å²) < 4.78 is 173. The number of carbonyl (C=O) groups is 5. The molecule has 6 aromatic carbocycles. The number of benzene rings is 6. The molecule has 0 heterocycles. The minimum Gasteiger partial charge on any atom is -0.870 e. The molecule has 16 aliphatic carbocycles. The molecule has 0 saturated heterocycles. The fourth-order valence-corrected chi connectivity index (χ4v) is 29.3. The van der Waals surface area contributed by atoms with E-state index in [2.05, 4.69) is 234 Å². The van der Waals surface area contributed by atoms with E-state index in [9.17, 15) is 114 Å². The van der Waals surface area contributed by atoms with Crippen molar-refractivity contribution in [3.8, 4) is 0 Å². The van der Waals surface area contributed by atoms with Crippen LogP contribution in [0.25, 0.3) is 0 Å². The molecule has 0 aromatic heterocycles. The van der Waals surface area contributed by atoms with Crippen LogP contribution in [0.3, 0.4) is 0 Å². The standard InChI is InChI=1S/2C18H15S.3C13H18F2O6S.C11H18O2.C3H3F3O4S.C2H2F2O5S.CH4.ClH.4Na.H2O/c2*1-4-10-16(11-5-1)19(17-12-6-2-7-13-17)18-14-8-3-9-15-18;3*14-13(15,22-21-20-18)10(16)19-7-11-2-8-1-9(3-11)5-12(17,4-8)6-11;12-7-10-2-8-1-9(3-10)5-11(13,4-8)6-10;1-8-2(7)3(4,5)11-10-9-6;3-2(4,1(5)6)10-9-8-7;;;;;;;/h2*1-15H;3*8-9,17-18H,1-7H2;8-9,12-13H,1-7H2;1H3;7H,(H,5,6);1H4;1H;;;;;1H2/q2*+1;;;;;;;;;4*+1;/p-5. The van der Waals surface area contributed by atoms with Crippen molar-refractivity contribution in [1.82, 2.24) is 0 Å². The molecule has 22 rings (SSSR count). The molecule has 8 unspecified atom stereocenters.